The predicted octanol–water partition coefficient (Wildman–Crippen LogP) is 3.78. The van der Waals surface area contributed by atoms with Gasteiger partial charge in [-0.2, -0.15) is 5.10 Å². The topological polar surface area (TPSA) is 38.1 Å². The molecule has 2 aromatic rings. The molecule has 3 nitrogen and oxygen atoms in total. The Bertz CT molecular complexity index is 553. The molecule has 0 amide bonds. The van der Waals surface area contributed by atoms with Crippen LogP contribution >= 0.6 is 0 Å². The van der Waals surface area contributed by atoms with E-state index in [2.05, 4.69) is 25.9 Å². The molecule has 102 valence electrons. The van der Waals surface area contributed by atoms with Crippen LogP contribution in [0.25, 0.3) is 11.3 Å². The zero-order valence-electron chi connectivity index (χ0n) is 12.1. The lowest BCUT2D eigenvalue weighted by Gasteiger charge is -2.07. The average molecular weight is 258 g/mol. The first kappa shape index (κ1) is 13.7. The lowest BCUT2D eigenvalue weighted by atomic mass is 10.1. The van der Waals surface area contributed by atoms with Crippen LogP contribution in [0.2, 0.25) is 0 Å². The molecular formula is C16H22N2O. The smallest absolute Gasteiger partial charge is 0.164 e. The van der Waals surface area contributed by atoms with E-state index in [-0.39, 0.29) is 0 Å². The summed E-state index contributed by atoms with van der Waals surface area (Å²) in [6.07, 6.45) is 0.789. The standard InChI is InChI=1S/C16H22N2O/c1-5-14-16(19)15(17-18(14)10-11(2)3)13-8-6-12(4)7-9-13/h6-9,11,19H,5,10H2,1-4H3. The first-order valence-electron chi connectivity index (χ1n) is 6.88. The maximum absolute atomic E-state index is 10.4. The van der Waals surface area contributed by atoms with E-state index in [1.54, 1.807) is 0 Å². The van der Waals surface area contributed by atoms with Gasteiger partial charge in [0, 0.05) is 12.1 Å². The van der Waals surface area contributed by atoms with Gasteiger partial charge in [-0.25, -0.2) is 0 Å². The Hall–Kier alpha value is -1.77. The van der Waals surface area contributed by atoms with E-state index in [1.165, 1.54) is 5.56 Å². The zero-order valence-corrected chi connectivity index (χ0v) is 12.1. The summed E-state index contributed by atoms with van der Waals surface area (Å²) in [4.78, 5) is 0. The van der Waals surface area contributed by atoms with E-state index in [9.17, 15) is 5.11 Å². The van der Waals surface area contributed by atoms with Gasteiger partial charge < -0.3 is 5.11 Å². The van der Waals surface area contributed by atoms with Crippen molar-refractivity contribution in [2.75, 3.05) is 0 Å². The van der Waals surface area contributed by atoms with Crippen LogP contribution in [0.15, 0.2) is 24.3 Å². The van der Waals surface area contributed by atoms with E-state index < -0.39 is 0 Å². The molecule has 1 aromatic heterocycles. The molecule has 0 bridgehead atoms. The van der Waals surface area contributed by atoms with Crippen LogP contribution in [0.1, 0.15) is 32.0 Å². The monoisotopic (exact) mass is 258 g/mol. The summed E-state index contributed by atoms with van der Waals surface area (Å²) in [5.74, 6) is 0.836. The van der Waals surface area contributed by atoms with Gasteiger partial charge >= 0.3 is 0 Å². The number of rotatable bonds is 4. The number of hydrogen-bond acceptors (Lipinski definition) is 2. The molecule has 19 heavy (non-hydrogen) atoms. The highest BCUT2D eigenvalue weighted by atomic mass is 16.3. The summed E-state index contributed by atoms with van der Waals surface area (Å²) >= 11 is 0. The Morgan fingerprint density at radius 2 is 1.84 bits per heavy atom. The maximum Gasteiger partial charge on any atom is 0.164 e. The number of aromatic nitrogens is 2. The summed E-state index contributed by atoms with van der Waals surface area (Å²) < 4.78 is 1.94. The molecule has 1 heterocycles. The fourth-order valence-corrected chi connectivity index (χ4v) is 2.24. The Labute approximate surface area is 114 Å². The highest BCUT2D eigenvalue weighted by molar-refractivity contribution is 5.67. The van der Waals surface area contributed by atoms with Crippen molar-refractivity contribution in [1.82, 2.24) is 9.78 Å². The zero-order chi connectivity index (χ0) is 14.0. The lowest BCUT2D eigenvalue weighted by molar-refractivity contribution is 0.446. The van der Waals surface area contributed by atoms with Crippen molar-refractivity contribution in [1.29, 1.82) is 0 Å². The van der Waals surface area contributed by atoms with Gasteiger partial charge in [-0.3, -0.25) is 4.68 Å². The quantitative estimate of drug-likeness (QED) is 0.906. The molecular weight excluding hydrogens is 236 g/mol. The van der Waals surface area contributed by atoms with Gasteiger partial charge in [0.1, 0.15) is 5.69 Å². The van der Waals surface area contributed by atoms with Crippen LogP contribution in [0.3, 0.4) is 0 Å². The van der Waals surface area contributed by atoms with Crippen LogP contribution < -0.4 is 0 Å². The second-order valence-corrected chi connectivity index (χ2v) is 5.44. The van der Waals surface area contributed by atoms with E-state index in [4.69, 9.17) is 0 Å². The fourth-order valence-electron chi connectivity index (χ4n) is 2.24. The van der Waals surface area contributed by atoms with E-state index >= 15 is 0 Å². The molecule has 0 spiro atoms. The van der Waals surface area contributed by atoms with Crippen LogP contribution in [0.4, 0.5) is 0 Å². The minimum Gasteiger partial charge on any atom is -0.504 e. The predicted molar refractivity (Wildman–Crippen MR) is 78.3 cm³/mol. The summed E-state index contributed by atoms with van der Waals surface area (Å²) in [6.45, 7) is 9.25. The molecule has 2 rings (SSSR count). The van der Waals surface area contributed by atoms with Crippen LogP contribution in [0, 0.1) is 12.8 Å². The molecule has 1 aromatic carbocycles. The van der Waals surface area contributed by atoms with E-state index in [0.29, 0.717) is 17.4 Å². The molecule has 0 unspecified atom stereocenters. The third-order valence-corrected chi connectivity index (χ3v) is 3.23. The van der Waals surface area contributed by atoms with Crippen molar-refractivity contribution in [2.45, 2.75) is 40.7 Å². The van der Waals surface area contributed by atoms with Gasteiger partial charge in [0.25, 0.3) is 0 Å². The molecule has 0 aliphatic carbocycles. The summed E-state index contributed by atoms with van der Waals surface area (Å²) in [7, 11) is 0. The second kappa shape index (κ2) is 5.47. The summed E-state index contributed by atoms with van der Waals surface area (Å²) in [5, 5.41) is 14.9. The normalized spacial score (nSPS) is 11.2. The van der Waals surface area contributed by atoms with Gasteiger partial charge in [-0.05, 0) is 19.3 Å². The minimum absolute atomic E-state index is 0.326. The van der Waals surface area contributed by atoms with Crippen LogP contribution in [0.5, 0.6) is 5.75 Å². The van der Waals surface area contributed by atoms with Crippen molar-refractivity contribution in [3.8, 4) is 17.0 Å². The molecule has 0 radical (unpaired) electrons. The number of benzene rings is 1. The second-order valence-electron chi connectivity index (χ2n) is 5.44. The molecule has 0 saturated heterocycles. The van der Waals surface area contributed by atoms with Gasteiger partial charge in [-0.1, -0.05) is 50.6 Å². The average Bonchev–Trinajstić information content (AvgIpc) is 2.66. The van der Waals surface area contributed by atoms with E-state index in [0.717, 1.165) is 24.2 Å². The van der Waals surface area contributed by atoms with Crippen LogP contribution in [-0.4, -0.2) is 14.9 Å². The van der Waals surface area contributed by atoms with Crippen molar-refractivity contribution >= 4 is 0 Å². The van der Waals surface area contributed by atoms with E-state index in [1.807, 2.05) is 35.9 Å². The Kier molecular flexibility index (Phi) is 3.93. The van der Waals surface area contributed by atoms with Crippen molar-refractivity contribution in [3.63, 3.8) is 0 Å². The van der Waals surface area contributed by atoms with Gasteiger partial charge in [-0.15, -0.1) is 0 Å². The van der Waals surface area contributed by atoms with Gasteiger partial charge in [0.2, 0.25) is 0 Å². The number of hydrogen-bond donors (Lipinski definition) is 1. The van der Waals surface area contributed by atoms with Gasteiger partial charge in [0.15, 0.2) is 5.75 Å². The fraction of sp³-hybridized carbons (Fsp3) is 0.438. The SMILES string of the molecule is CCc1c(O)c(-c2ccc(C)cc2)nn1CC(C)C. The molecule has 0 aliphatic rings. The number of aromatic hydroxyl groups is 1. The number of nitrogens with zero attached hydrogens (tertiary/aromatic N) is 2. The molecule has 0 aliphatic heterocycles. The highest BCUT2D eigenvalue weighted by Gasteiger charge is 2.17. The van der Waals surface area contributed by atoms with Crippen molar-refractivity contribution < 1.29 is 5.11 Å². The first-order valence-corrected chi connectivity index (χ1v) is 6.88. The van der Waals surface area contributed by atoms with Crippen LogP contribution in [-0.2, 0) is 13.0 Å². The Morgan fingerprint density at radius 1 is 1.21 bits per heavy atom. The summed E-state index contributed by atoms with van der Waals surface area (Å²) in [5.41, 5.74) is 3.79. The largest absolute Gasteiger partial charge is 0.504 e. The molecule has 1 N–H and O–H groups in total. The first-order chi connectivity index (χ1) is 9.02. The third kappa shape index (κ3) is 2.80. The molecule has 0 saturated carbocycles. The lowest BCUT2D eigenvalue weighted by Crippen LogP contribution is -2.09. The molecule has 3 heteroatoms. The summed E-state index contributed by atoms with van der Waals surface area (Å²) in [6, 6.07) is 8.11. The van der Waals surface area contributed by atoms with Gasteiger partial charge in [0.05, 0.1) is 5.69 Å². The highest BCUT2D eigenvalue weighted by Crippen LogP contribution is 2.32. The van der Waals surface area contributed by atoms with Crippen molar-refractivity contribution in [3.05, 3.63) is 35.5 Å². The number of aryl methyl sites for hydroxylation is 1. The maximum atomic E-state index is 10.4. The minimum atomic E-state index is 0.326. The molecule has 0 atom stereocenters. The molecule has 0 fully saturated rings. The Morgan fingerprint density at radius 3 is 2.37 bits per heavy atom. The third-order valence-electron chi connectivity index (χ3n) is 3.23. The Balaban J connectivity index is 2.46. The van der Waals surface area contributed by atoms with Crippen molar-refractivity contribution in [2.24, 2.45) is 5.92 Å².